The van der Waals surface area contributed by atoms with Crippen molar-refractivity contribution in [3.8, 4) is 28.6 Å². The molecule has 1 aliphatic rings. The molecule has 1 aliphatic heterocycles. The monoisotopic (exact) mass is 480 g/mol. The zero-order valence-corrected chi connectivity index (χ0v) is 20.6. The molecule has 36 heavy (non-hydrogen) atoms. The van der Waals surface area contributed by atoms with Crippen LogP contribution in [0.5, 0.6) is 0 Å². The van der Waals surface area contributed by atoms with Crippen molar-refractivity contribution in [3.05, 3.63) is 66.2 Å². The van der Waals surface area contributed by atoms with Gasteiger partial charge in [-0.3, -0.25) is 0 Å². The lowest BCUT2D eigenvalue weighted by atomic mass is 10.0. The number of hydrogen-bond donors (Lipinski definition) is 1. The number of ether oxygens (including phenoxy) is 1. The highest BCUT2D eigenvalue weighted by Crippen LogP contribution is 2.33. The Balaban J connectivity index is 1.47. The Bertz CT molecular complexity index is 1480. The summed E-state index contributed by atoms with van der Waals surface area (Å²) in [6.07, 6.45) is 0.320. The topological polar surface area (TPSA) is 110 Å². The summed E-state index contributed by atoms with van der Waals surface area (Å²) in [5.41, 5.74) is 10.2. The molecule has 0 radical (unpaired) electrons. The molecule has 0 spiro atoms. The first-order valence-corrected chi connectivity index (χ1v) is 12.0. The minimum atomic E-state index is -0.564. The molecule has 1 saturated heterocycles. The number of fused-ring (bicyclic) bond motifs is 1. The van der Waals surface area contributed by atoms with Crippen LogP contribution in [0.3, 0.4) is 0 Å². The number of nitrogen functional groups attached to an aromatic ring is 1. The van der Waals surface area contributed by atoms with Crippen LogP contribution in [0.15, 0.2) is 60.7 Å². The van der Waals surface area contributed by atoms with Gasteiger partial charge >= 0.3 is 6.09 Å². The molecular formula is C28H28N6O2. The maximum Gasteiger partial charge on any atom is 0.410 e. The van der Waals surface area contributed by atoms with Crippen LogP contribution in [0, 0.1) is 11.3 Å². The average molecular weight is 481 g/mol. The first-order chi connectivity index (χ1) is 17.2. The molecule has 2 aromatic carbocycles. The number of rotatable bonds is 3. The van der Waals surface area contributed by atoms with Gasteiger partial charge in [0.25, 0.3) is 0 Å². The standard InChI is InChI=1S/C28H28N6O2/c1-28(2,3)36-27(35)33-14-13-21(17-33)34-26(30)22(16-29)25(32-34)20-10-9-19-11-12-23(31-24(19)15-20)18-7-5-4-6-8-18/h4-12,15,21H,13-14,17,30H2,1-3H3. The number of carbonyl (C=O) groups is 1. The van der Waals surface area contributed by atoms with E-state index in [1.54, 1.807) is 9.58 Å². The largest absolute Gasteiger partial charge is 0.444 e. The van der Waals surface area contributed by atoms with Crippen LogP contribution < -0.4 is 5.73 Å². The normalized spacial score (nSPS) is 15.7. The van der Waals surface area contributed by atoms with Gasteiger partial charge in [0.2, 0.25) is 0 Å². The predicted molar refractivity (Wildman–Crippen MR) is 139 cm³/mol. The molecule has 2 aromatic heterocycles. The van der Waals surface area contributed by atoms with E-state index < -0.39 is 5.60 Å². The molecule has 4 aromatic rings. The highest BCUT2D eigenvalue weighted by molar-refractivity contribution is 5.87. The summed E-state index contributed by atoms with van der Waals surface area (Å²) >= 11 is 0. The van der Waals surface area contributed by atoms with E-state index in [0.29, 0.717) is 36.6 Å². The molecule has 182 valence electrons. The number of anilines is 1. The van der Waals surface area contributed by atoms with Gasteiger partial charge < -0.3 is 15.4 Å². The van der Waals surface area contributed by atoms with E-state index in [-0.39, 0.29) is 12.1 Å². The molecule has 1 unspecified atom stereocenters. The zero-order valence-electron chi connectivity index (χ0n) is 20.6. The van der Waals surface area contributed by atoms with Crippen molar-refractivity contribution in [2.24, 2.45) is 0 Å². The molecule has 1 atom stereocenters. The molecule has 0 saturated carbocycles. The maximum atomic E-state index is 12.5. The number of carbonyl (C=O) groups excluding carboxylic acids is 1. The van der Waals surface area contributed by atoms with Gasteiger partial charge in [-0.25, -0.2) is 14.5 Å². The van der Waals surface area contributed by atoms with E-state index in [4.69, 9.17) is 20.6 Å². The summed E-state index contributed by atoms with van der Waals surface area (Å²) in [4.78, 5) is 19.0. The smallest absolute Gasteiger partial charge is 0.410 e. The van der Waals surface area contributed by atoms with Gasteiger partial charge in [0.1, 0.15) is 28.7 Å². The molecule has 3 heterocycles. The van der Waals surface area contributed by atoms with Crippen molar-refractivity contribution in [2.75, 3.05) is 18.8 Å². The van der Waals surface area contributed by atoms with Crippen molar-refractivity contribution >= 4 is 22.8 Å². The van der Waals surface area contributed by atoms with Gasteiger partial charge in [-0.15, -0.1) is 0 Å². The minimum Gasteiger partial charge on any atom is -0.444 e. The fourth-order valence-corrected chi connectivity index (χ4v) is 4.51. The lowest BCUT2D eigenvalue weighted by Gasteiger charge is -2.24. The molecule has 5 rings (SSSR count). The van der Waals surface area contributed by atoms with Crippen molar-refractivity contribution < 1.29 is 9.53 Å². The Labute approximate surface area is 209 Å². The lowest BCUT2D eigenvalue weighted by Crippen LogP contribution is -2.35. The van der Waals surface area contributed by atoms with Crippen LogP contribution in [-0.4, -0.2) is 44.4 Å². The van der Waals surface area contributed by atoms with E-state index >= 15 is 0 Å². The molecule has 2 N–H and O–H groups in total. The molecule has 1 fully saturated rings. The molecule has 1 amide bonds. The number of pyridine rings is 1. The second kappa shape index (κ2) is 9.00. The second-order valence-electron chi connectivity index (χ2n) is 10.0. The number of nitriles is 1. The summed E-state index contributed by atoms with van der Waals surface area (Å²) in [5, 5.41) is 15.7. The Morgan fingerprint density at radius 1 is 1.11 bits per heavy atom. The van der Waals surface area contributed by atoms with Gasteiger partial charge in [0, 0.05) is 29.6 Å². The summed E-state index contributed by atoms with van der Waals surface area (Å²) in [7, 11) is 0. The van der Waals surface area contributed by atoms with Gasteiger partial charge in [0.15, 0.2) is 0 Å². The lowest BCUT2D eigenvalue weighted by molar-refractivity contribution is 0.0288. The SMILES string of the molecule is CC(C)(C)OC(=O)N1CCC(n2nc(-c3ccc4ccc(-c5ccccc5)nc4c3)c(C#N)c2N)C1. The molecule has 8 nitrogen and oxygen atoms in total. The third-order valence-electron chi connectivity index (χ3n) is 6.26. The van der Waals surface area contributed by atoms with Crippen LogP contribution in [0.4, 0.5) is 10.6 Å². The van der Waals surface area contributed by atoms with Gasteiger partial charge in [-0.1, -0.05) is 48.5 Å². The van der Waals surface area contributed by atoms with Crippen molar-refractivity contribution in [2.45, 2.75) is 38.8 Å². The maximum absolute atomic E-state index is 12.5. The summed E-state index contributed by atoms with van der Waals surface area (Å²) < 4.78 is 7.18. The first-order valence-electron chi connectivity index (χ1n) is 12.0. The minimum absolute atomic E-state index is 0.137. The van der Waals surface area contributed by atoms with E-state index in [9.17, 15) is 10.1 Å². The number of amides is 1. The summed E-state index contributed by atoms with van der Waals surface area (Å²) in [5.74, 6) is 0.301. The number of benzene rings is 2. The van der Waals surface area contributed by atoms with E-state index in [1.165, 1.54) is 0 Å². The van der Waals surface area contributed by atoms with E-state index in [0.717, 1.165) is 27.7 Å². The third-order valence-corrected chi connectivity index (χ3v) is 6.26. The van der Waals surface area contributed by atoms with E-state index in [2.05, 4.69) is 6.07 Å². The molecule has 0 aliphatic carbocycles. The Morgan fingerprint density at radius 2 is 1.86 bits per heavy atom. The molecule has 0 bridgehead atoms. The highest BCUT2D eigenvalue weighted by atomic mass is 16.6. The second-order valence-corrected chi connectivity index (χ2v) is 10.0. The summed E-state index contributed by atoms with van der Waals surface area (Å²) in [6.45, 7) is 6.49. The zero-order chi connectivity index (χ0) is 25.4. The van der Waals surface area contributed by atoms with Crippen LogP contribution in [0.2, 0.25) is 0 Å². The number of nitrogens with zero attached hydrogens (tertiary/aromatic N) is 5. The number of hydrogen-bond acceptors (Lipinski definition) is 6. The number of aromatic nitrogens is 3. The predicted octanol–water partition coefficient (Wildman–Crippen LogP) is 5.40. The number of likely N-dealkylation sites (tertiary alicyclic amines) is 1. The average Bonchev–Trinajstić information content (AvgIpc) is 3.47. The van der Waals surface area contributed by atoms with Crippen LogP contribution in [0.25, 0.3) is 33.4 Å². The van der Waals surface area contributed by atoms with Crippen LogP contribution in [-0.2, 0) is 4.74 Å². The quantitative estimate of drug-likeness (QED) is 0.420. The van der Waals surface area contributed by atoms with Crippen LogP contribution in [0.1, 0.15) is 38.8 Å². The van der Waals surface area contributed by atoms with Crippen molar-refractivity contribution in [3.63, 3.8) is 0 Å². The van der Waals surface area contributed by atoms with Crippen molar-refractivity contribution in [1.29, 1.82) is 5.26 Å². The Hall–Kier alpha value is -4.38. The molecular weight excluding hydrogens is 452 g/mol. The third kappa shape index (κ3) is 4.48. The highest BCUT2D eigenvalue weighted by Gasteiger charge is 2.33. The Kier molecular flexibility index (Phi) is 5.84. The number of nitrogens with two attached hydrogens (primary N) is 1. The molecule has 8 heteroatoms. The Morgan fingerprint density at radius 3 is 2.58 bits per heavy atom. The fraction of sp³-hybridized carbons (Fsp3) is 0.286. The first kappa shape index (κ1) is 23.4. The summed E-state index contributed by atoms with van der Waals surface area (Å²) in [6, 6.07) is 22.0. The van der Waals surface area contributed by atoms with Gasteiger partial charge in [-0.05, 0) is 39.3 Å². The van der Waals surface area contributed by atoms with Gasteiger partial charge in [-0.2, -0.15) is 10.4 Å². The van der Waals surface area contributed by atoms with Crippen molar-refractivity contribution in [1.82, 2.24) is 19.7 Å². The van der Waals surface area contributed by atoms with E-state index in [1.807, 2.05) is 81.4 Å². The van der Waals surface area contributed by atoms with Gasteiger partial charge in [0.05, 0.1) is 17.3 Å². The van der Waals surface area contributed by atoms with Crippen LogP contribution >= 0.6 is 0 Å². The fourth-order valence-electron chi connectivity index (χ4n) is 4.51.